The summed E-state index contributed by atoms with van der Waals surface area (Å²) in [6.07, 6.45) is 9.04. The Morgan fingerprint density at radius 3 is 1.28 bits per heavy atom. The van der Waals surface area contributed by atoms with E-state index in [1.54, 1.807) is 48.5 Å². The second-order valence-electron chi connectivity index (χ2n) is 10.2. The molecular formula is C30H38O6. The highest BCUT2D eigenvalue weighted by Gasteiger charge is 2.48. The molecule has 2 aromatic carbocycles. The van der Waals surface area contributed by atoms with Gasteiger partial charge in [0.05, 0.1) is 0 Å². The summed E-state index contributed by atoms with van der Waals surface area (Å²) in [5, 5.41) is 23.2. The van der Waals surface area contributed by atoms with Crippen LogP contribution >= 0.6 is 0 Å². The van der Waals surface area contributed by atoms with Gasteiger partial charge < -0.3 is 19.7 Å². The van der Waals surface area contributed by atoms with E-state index >= 15 is 0 Å². The lowest BCUT2D eigenvalue weighted by Crippen LogP contribution is -2.46. The van der Waals surface area contributed by atoms with Crippen LogP contribution in [0, 0.1) is 11.8 Å². The van der Waals surface area contributed by atoms with E-state index in [9.17, 15) is 19.8 Å². The molecule has 0 saturated heterocycles. The van der Waals surface area contributed by atoms with E-state index in [-0.39, 0.29) is 25.0 Å². The summed E-state index contributed by atoms with van der Waals surface area (Å²) >= 11 is 0. The summed E-state index contributed by atoms with van der Waals surface area (Å²) in [5.41, 5.74) is -2.43. The molecule has 2 N–H and O–H groups in total. The molecule has 2 saturated carbocycles. The standard InChI is InChI=1S/C30H38O6/c31-27(29(33,23-13-5-1-6-14-23)24-15-7-2-8-16-24)35-21-22-36-28(32)30(34,25-17-9-3-10-18-25)26-19-11-4-12-20-26/h1,3,5-6,9-10,13-14,17-18,24,26,33-34H,2,4,7-8,11-12,15-16,19-22H2. The third-order valence-corrected chi connectivity index (χ3v) is 7.99. The maximum Gasteiger partial charge on any atom is 0.343 e. The minimum Gasteiger partial charge on any atom is -0.460 e. The molecule has 2 aliphatic carbocycles. The lowest BCUT2D eigenvalue weighted by atomic mass is 9.73. The van der Waals surface area contributed by atoms with Crippen LogP contribution in [0.25, 0.3) is 0 Å². The summed E-state index contributed by atoms with van der Waals surface area (Å²) in [7, 11) is 0. The summed E-state index contributed by atoms with van der Waals surface area (Å²) in [6.45, 7) is -0.385. The minimum absolute atomic E-state index is 0.192. The summed E-state index contributed by atoms with van der Waals surface area (Å²) in [6, 6.07) is 17.9. The van der Waals surface area contributed by atoms with Crippen LogP contribution in [0.4, 0.5) is 0 Å². The summed E-state index contributed by atoms with van der Waals surface area (Å²) < 4.78 is 11.0. The Morgan fingerprint density at radius 1 is 0.611 bits per heavy atom. The average Bonchev–Trinajstić information content (AvgIpc) is 2.96. The van der Waals surface area contributed by atoms with Crippen molar-refractivity contribution in [2.24, 2.45) is 11.8 Å². The molecule has 2 aromatic rings. The molecule has 0 radical (unpaired) electrons. The summed E-state index contributed by atoms with van der Waals surface area (Å²) in [5.74, 6) is -1.89. The van der Waals surface area contributed by atoms with Gasteiger partial charge >= 0.3 is 11.9 Å². The molecule has 2 unspecified atom stereocenters. The Hall–Kier alpha value is -2.70. The van der Waals surface area contributed by atoms with E-state index in [0.717, 1.165) is 64.2 Å². The van der Waals surface area contributed by atoms with E-state index in [0.29, 0.717) is 11.1 Å². The van der Waals surface area contributed by atoms with Crippen LogP contribution < -0.4 is 0 Å². The van der Waals surface area contributed by atoms with Gasteiger partial charge in [-0.2, -0.15) is 0 Å². The molecule has 0 heterocycles. The van der Waals surface area contributed by atoms with Crippen molar-refractivity contribution in [2.75, 3.05) is 13.2 Å². The van der Waals surface area contributed by atoms with E-state index in [4.69, 9.17) is 9.47 Å². The van der Waals surface area contributed by atoms with Gasteiger partial charge in [0.2, 0.25) is 0 Å². The number of benzene rings is 2. The van der Waals surface area contributed by atoms with Crippen LogP contribution in [0.5, 0.6) is 0 Å². The molecule has 194 valence electrons. The van der Waals surface area contributed by atoms with Crippen molar-refractivity contribution >= 4 is 11.9 Å². The van der Waals surface area contributed by atoms with Gasteiger partial charge in [0.1, 0.15) is 13.2 Å². The van der Waals surface area contributed by atoms with Crippen LogP contribution in [0.15, 0.2) is 60.7 Å². The molecular weight excluding hydrogens is 456 g/mol. The van der Waals surface area contributed by atoms with Crippen molar-refractivity contribution in [1.29, 1.82) is 0 Å². The first-order chi connectivity index (χ1) is 17.5. The van der Waals surface area contributed by atoms with E-state index < -0.39 is 23.1 Å². The minimum atomic E-state index is -1.74. The zero-order valence-electron chi connectivity index (χ0n) is 20.9. The Balaban J connectivity index is 1.41. The highest BCUT2D eigenvalue weighted by atomic mass is 16.6. The number of ether oxygens (including phenoxy) is 2. The van der Waals surface area contributed by atoms with Crippen molar-refractivity contribution in [2.45, 2.75) is 75.4 Å². The average molecular weight is 495 g/mol. The van der Waals surface area contributed by atoms with E-state index in [1.165, 1.54) is 0 Å². The Kier molecular flexibility index (Phi) is 8.81. The highest BCUT2D eigenvalue weighted by Crippen LogP contribution is 2.41. The van der Waals surface area contributed by atoms with Crippen molar-refractivity contribution in [3.63, 3.8) is 0 Å². The van der Waals surface area contributed by atoms with E-state index in [2.05, 4.69) is 0 Å². The normalized spacial score (nSPS) is 20.6. The number of hydrogen-bond donors (Lipinski definition) is 2. The van der Waals surface area contributed by atoms with Gasteiger partial charge in [-0.1, -0.05) is 99.2 Å². The maximum atomic E-state index is 13.2. The van der Waals surface area contributed by atoms with Crippen molar-refractivity contribution in [3.05, 3.63) is 71.8 Å². The molecule has 6 nitrogen and oxygen atoms in total. The Morgan fingerprint density at radius 2 is 0.944 bits per heavy atom. The summed E-state index contributed by atoms with van der Waals surface area (Å²) in [4.78, 5) is 26.4. The number of rotatable bonds is 9. The fourth-order valence-corrected chi connectivity index (χ4v) is 5.95. The van der Waals surface area contributed by atoms with Gasteiger partial charge in [-0.05, 0) is 36.8 Å². The van der Waals surface area contributed by atoms with Crippen LogP contribution in [0.2, 0.25) is 0 Å². The van der Waals surface area contributed by atoms with Crippen molar-refractivity contribution in [1.82, 2.24) is 0 Å². The fraction of sp³-hybridized carbons (Fsp3) is 0.533. The van der Waals surface area contributed by atoms with Crippen LogP contribution in [-0.4, -0.2) is 35.4 Å². The molecule has 0 aliphatic heterocycles. The van der Waals surface area contributed by atoms with Gasteiger partial charge in [0.15, 0.2) is 11.2 Å². The van der Waals surface area contributed by atoms with Crippen molar-refractivity contribution < 1.29 is 29.3 Å². The number of hydrogen-bond acceptors (Lipinski definition) is 6. The predicted octanol–water partition coefficient (Wildman–Crippen LogP) is 5.01. The maximum absolute atomic E-state index is 13.2. The SMILES string of the molecule is O=C(OCCOC(=O)C(O)(c1ccccc1)C1CCCCC1)C(O)(c1ccccc1)C1CCCCC1. The monoisotopic (exact) mass is 494 g/mol. The molecule has 0 bridgehead atoms. The molecule has 0 aromatic heterocycles. The van der Waals surface area contributed by atoms with Crippen molar-refractivity contribution in [3.8, 4) is 0 Å². The third kappa shape index (κ3) is 5.50. The van der Waals surface area contributed by atoms with Gasteiger partial charge in [-0.3, -0.25) is 0 Å². The topological polar surface area (TPSA) is 93.1 Å². The lowest BCUT2D eigenvalue weighted by Gasteiger charge is -2.37. The molecule has 4 rings (SSSR count). The lowest BCUT2D eigenvalue weighted by molar-refractivity contribution is -0.184. The van der Waals surface area contributed by atoms with Crippen LogP contribution in [0.1, 0.15) is 75.3 Å². The molecule has 2 atom stereocenters. The third-order valence-electron chi connectivity index (χ3n) is 7.99. The van der Waals surface area contributed by atoms with E-state index in [1.807, 2.05) is 12.1 Å². The molecule has 0 amide bonds. The first kappa shape index (κ1) is 26.4. The first-order valence-electron chi connectivity index (χ1n) is 13.4. The zero-order chi connectivity index (χ0) is 25.4. The first-order valence-corrected chi connectivity index (χ1v) is 13.4. The highest BCUT2D eigenvalue weighted by molar-refractivity contribution is 5.82. The number of carbonyl (C=O) groups is 2. The number of carbonyl (C=O) groups excluding carboxylic acids is 2. The second kappa shape index (κ2) is 12.0. The van der Waals surface area contributed by atoms with Crippen LogP contribution in [0.3, 0.4) is 0 Å². The largest absolute Gasteiger partial charge is 0.460 e. The molecule has 0 spiro atoms. The quantitative estimate of drug-likeness (QED) is 0.376. The smallest absolute Gasteiger partial charge is 0.343 e. The number of esters is 2. The van der Waals surface area contributed by atoms with Gasteiger partial charge in [-0.25, -0.2) is 9.59 Å². The number of aliphatic hydroxyl groups is 2. The fourth-order valence-electron chi connectivity index (χ4n) is 5.95. The predicted molar refractivity (Wildman–Crippen MR) is 136 cm³/mol. The Bertz CT molecular complexity index is 900. The van der Waals surface area contributed by atoms with Gasteiger partial charge in [0.25, 0.3) is 0 Å². The molecule has 2 fully saturated rings. The Labute approximate surface area is 213 Å². The molecule has 2 aliphatic rings. The van der Waals surface area contributed by atoms with Crippen LogP contribution in [-0.2, 0) is 30.3 Å². The van der Waals surface area contributed by atoms with Gasteiger partial charge in [0, 0.05) is 11.8 Å². The molecule has 6 heteroatoms. The van der Waals surface area contributed by atoms with Gasteiger partial charge in [-0.15, -0.1) is 0 Å². The second-order valence-corrected chi connectivity index (χ2v) is 10.2. The molecule has 36 heavy (non-hydrogen) atoms. The zero-order valence-corrected chi connectivity index (χ0v) is 20.9.